The van der Waals surface area contributed by atoms with Gasteiger partial charge in [-0.05, 0) is 65.3 Å². The smallest absolute Gasteiger partial charge is 0.274 e. The lowest BCUT2D eigenvalue weighted by Crippen LogP contribution is -2.58. The molecule has 2 amide bonds. The van der Waals surface area contributed by atoms with E-state index in [1.165, 1.54) is 16.1 Å². The molecule has 0 unspecified atom stereocenters. The molecule has 8 heteroatoms. The summed E-state index contributed by atoms with van der Waals surface area (Å²) in [4.78, 5) is 39.8. The van der Waals surface area contributed by atoms with Crippen LogP contribution in [0.25, 0.3) is 0 Å². The highest BCUT2D eigenvalue weighted by molar-refractivity contribution is 6.00. The number of para-hydroxylation sites is 1. The molecule has 0 aliphatic rings. The van der Waals surface area contributed by atoms with Crippen molar-refractivity contribution >= 4 is 17.5 Å². The van der Waals surface area contributed by atoms with Crippen LogP contribution in [0.1, 0.15) is 70.7 Å². The number of carbonyl (C=O) groups excluding carboxylic acids is 2. The first kappa shape index (κ1) is 28.4. The molecule has 38 heavy (non-hydrogen) atoms. The number of hydrogen-bond donors (Lipinski definition) is 0. The topological polar surface area (TPSA) is 93.0 Å². The normalized spacial score (nSPS) is 11.1. The van der Waals surface area contributed by atoms with Gasteiger partial charge in [-0.3, -0.25) is 19.7 Å². The molecular formula is C30H35N3O5. The Kier molecular flexibility index (Phi) is 8.56. The number of rotatable bonds is 7. The number of nitro groups is 1. The van der Waals surface area contributed by atoms with Gasteiger partial charge in [0.1, 0.15) is 5.75 Å². The molecule has 0 fully saturated rings. The van der Waals surface area contributed by atoms with Gasteiger partial charge in [-0.1, -0.05) is 48.4 Å². The summed E-state index contributed by atoms with van der Waals surface area (Å²) in [5.74, 6) is -0.268. The molecule has 0 saturated heterocycles. The predicted molar refractivity (Wildman–Crippen MR) is 147 cm³/mol. The SMILES string of the molecule is CCc1c(OC)cccc1C(=O)N(Cc1ccccc1[N+](=O)[O-])N(C(=O)c1cc(C)cc(C)c1)C(C)(C)C. The summed E-state index contributed by atoms with van der Waals surface area (Å²) in [5.41, 5.74) is 2.67. The van der Waals surface area contributed by atoms with E-state index < -0.39 is 16.4 Å². The third-order valence-electron chi connectivity index (χ3n) is 6.22. The monoisotopic (exact) mass is 517 g/mol. The third kappa shape index (κ3) is 6.02. The summed E-state index contributed by atoms with van der Waals surface area (Å²) in [6, 6.07) is 17.0. The van der Waals surface area contributed by atoms with E-state index in [0.717, 1.165) is 11.1 Å². The van der Waals surface area contributed by atoms with Crippen LogP contribution in [-0.4, -0.2) is 39.4 Å². The van der Waals surface area contributed by atoms with Crippen molar-refractivity contribution in [1.82, 2.24) is 10.0 Å². The number of ether oxygens (including phenoxy) is 1. The summed E-state index contributed by atoms with van der Waals surface area (Å²) < 4.78 is 5.51. The van der Waals surface area contributed by atoms with Crippen molar-refractivity contribution in [3.63, 3.8) is 0 Å². The average molecular weight is 518 g/mol. The van der Waals surface area contributed by atoms with Gasteiger partial charge in [0.15, 0.2) is 0 Å². The Hall–Kier alpha value is -4.20. The van der Waals surface area contributed by atoms with Gasteiger partial charge in [-0.25, -0.2) is 10.0 Å². The summed E-state index contributed by atoms with van der Waals surface area (Å²) in [7, 11) is 1.54. The zero-order valence-electron chi connectivity index (χ0n) is 23.1. The Morgan fingerprint density at radius 2 is 1.58 bits per heavy atom. The van der Waals surface area contributed by atoms with Crippen molar-refractivity contribution in [3.8, 4) is 5.75 Å². The Morgan fingerprint density at radius 3 is 2.13 bits per heavy atom. The Morgan fingerprint density at radius 1 is 0.947 bits per heavy atom. The zero-order valence-corrected chi connectivity index (χ0v) is 23.1. The number of carbonyl (C=O) groups is 2. The third-order valence-corrected chi connectivity index (χ3v) is 6.22. The van der Waals surface area contributed by atoms with Crippen molar-refractivity contribution in [2.75, 3.05) is 7.11 Å². The highest BCUT2D eigenvalue weighted by Crippen LogP contribution is 2.30. The molecule has 200 valence electrons. The van der Waals surface area contributed by atoms with E-state index in [1.807, 2.05) is 47.6 Å². The largest absolute Gasteiger partial charge is 0.496 e. The van der Waals surface area contributed by atoms with E-state index >= 15 is 0 Å². The molecule has 0 aliphatic carbocycles. The van der Waals surface area contributed by atoms with Gasteiger partial charge in [0, 0.05) is 22.8 Å². The highest BCUT2D eigenvalue weighted by atomic mass is 16.6. The van der Waals surface area contributed by atoms with Crippen LogP contribution in [0.4, 0.5) is 5.69 Å². The molecule has 3 aromatic rings. The Bertz CT molecular complexity index is 1340. The van der Waals surface area contributed by atoms with Crippen LogP contribution in [0.2, 0.25) is 0 Å². The van der Waals surface area contributed by atoms with Gasteiger partial charge in [0.25, 0.3) is 17.5 Å². The second kappa shape index (κ2) is 11.5. The van der Waals surface area contributed by atoms with Crippen LogP contribution in [-0.2, 0) is 13.0 Å². The minimum absolute atomic E-state index is 0.126. The minimum atomic E-state index is -0.848. The maximum absolute atomic E-state index is 14.3. The van der Waals surface area contributed by atoms with Gasteiger partial charge >= 0.3 is 0 Å². The van der Waals surface area contributed by atoms with Crippen molar-refractivity contribution in [1.29, 1.82) is 0 Å². The number of hydrogen-bond acceptors (Lipinski definition) is 5. The molecule has 0 heterocycles. The molecule has 0 aliphatic heterocycles. The standard InChI is InChI=1S/C30H35N3O5/c1-8-24-25(13-11-15-27(24)38-7)29(35)31(19-22-12-9-10-14-26(22)33(36)37)32(30(4,5)6)28(34)23-17-20(2)16-21(3)18-23/h9-18H,8,19H2,1-7H3. The molecule has 0 bridgehead atoms. The lowest BCUT2D eigenvalue weighted by atomic mass is 10.0. The van der Waals surface area contributed by atoms with E-state index in [9.17, 15) is 19.7 Å². The number of nitro benzene ring substituents is 1. The number of nitrogens with zero attached hydrogens (tertiary/aromatic N) is 3. The Labute approximate surface area is 224 Å². The summed E-state index contributed by atoms with van der Waals surface area (Å²) in [5, 5.41) is 14.6. The molecule has 0 aromatic heterocycles. The van der Waals surface area contributed by atoms with Gasteiger partial charge in [-0.15, -0.1) is 0 Å². The summed E-state index contributed by atoms with van der Waals surface area (Å²) >= 11 is 0. The van der Waals surface area contributed by atoms with Crippen LogP contribution in [0.15, 0.2) is 60.7 Å². The van der Waals surface area contributed by atoms with Crippen LogP contribution < -0.4 is 4.74 Å². The van der Waals surface area contributed by atoms with Crippen LogP contribution >= 0.6 is 0 Å². The molecule has 0 N–H and O–H groups in total. The van der Waals surface area contributed by atoms with E-state index in [2.05, 4.69) is 0 Å². The van der Waals surface area contributed by atoms with Gasteiger partial charge in [0.05, 0.1) is 29.7 Å². The quantitative estimate of drug-likeness (QED) is 0.272. The van der Waals surface area contributed by atoms with E-state index in [0.29, 0.717) is 34.4 Å². The van der Waals surface area contributed by atoms with E-state index in [4.69, 9.17) is 4.74 Å². The maximum Gasteiger partial charge on any atom is 0.274 e. The number of benzene rings is 3. The van der Waals surface area contributed by atoms with Crippen LogP contribution in [0.5, 0.6) is 5.75 Å². The Balaban J connectivity index is 2.26. The zero-order chi connectivity index (χ0) is 28.2. The van der Waals surface area contributed by atoms with E-state index in [-0.39, 0.29) is 18.1 Å². The second-order valence-corrected chi connectivity index (χ2v) is 10.3. The minimum Gasteiger partial charge on any atom is -0.496 e. The molecule has 0 spiro atoms. The molecule has 0 radical (unpaired) electrons. The molecule has 3 rings (SSSR count). The molecule has 0 saturated carbocycles. The summed E-state index contributed by atoms with van der Waals surface area (Å²) in [6.07, 6.45) is 0.519. The predicted octanol–water partition coefficient (Wildman–Crippen LogP) is 6.28. The molecule has 0 atom stereocenters. The first-order valence-corrected chi connectivity index (χ1v) is 12.5. The fourth-order valence-electron chi connectivity index (χ4n) is 4.68. The van der Waals surface area contributed by atoms with Gasteiger partial charge < -0.3 is 4.74 Å². The van der Waals surface area contributed by atoms with Crippen molar-refractivity contribution < 1.29 is 19.2 Å². The number of hydrazine groups is 1. The average Bonchev–Trinajstić information content (AvgIpc) is 2.86. The van der Waals surface area contributed by atoms with Gasteiger partial charge in [0.2, 0.25) is 0 Å². The van der Waals surface area contributed by atoms with Gasteiger partial charge in [-0.2, -0.15) is 0 Å². The lowest BCUT2D eigenvalue weighted by molar-refractivity contribution is -0.385. The molecule has 3 aromatic carbocycles. The first-order chi connectivity index (χ1) is 17.9. The lowest BCUT2D eigenvalue weighted by Gasteiger charge is -2.43. The molecular weight excluding hydrogens is 482 g/mol. The molecule has 8 nitrogen and oxygen atoms in total. The highest BCUT2D eigenvalue weighted by Gasteiger charge is 2.38. The second-order valence-electron chi connectivity index (χ2n) is 10.3. The number of methoxy groups -OCH3 is 1. The summed E-state index contributed by atoms with van der Waals surface area (Å²) in [6.45, 7) is 11.1. The first-order valence-electron chi connectivity index (χ1n) is 12.5. The fourth-order valence-corrected chi connectivity index (χ4v) is 4.68. The fraction of sp³-hybridized carbons (Fsp3) is 0.333. The number of amides is 2. The number of aryl methyl sites for hydroxylation is 2. The van der Waals surface area contributed by atoms with Crippen LogP contribution in [0.3, 0.4) is 0 Å². The van der Waals surface area contributed by atoms with Crippen molar-refractivity contribution in [3.05, 3.63) is 104 Å². The maximum atomic E-state index is 14.3. The van der Waals surface area contributed by atoms with Crippen LogP contribution in [0, 0.1) is 24.0 Å². The van der Waals surface area contributed by atoms with Crippen molar-refractivity contribution in [2.24, 2.45) is 0 Å². The van der Waals surface area contributed by atoms with Crippen molar-refractivity contribution in [2.45, 2.75) is 60.0 Å². The van der Waals surface area contributed by atoms with E-state index in [1.54, 1.807) is 55.6 Å².